The van der Waals surface area contributed by atoms with Gasteiger partial charge in [0.05, 0.1) is 5.37 Å². The summed E-state index contributed by atoms with van der Waals surface area (Å²) in [5.74, 6) is 0.0511. The third-order valence-electron chi connectivity index (χ3n) is 3.57. The van der Waals surface area contributed by atoms with E-state index in [1.54, 1.807) is 11.8 Å². The van der Waals surface area contributed by atoms with Crippen molar-refractivity contribution >= 4 is 40.6 Å². The van der Waals surface area contributed by atoms with E-state index in [2.05, 4.69) is 5.32 Å². The molecule has 2 amide bonds. The van der Waals surface area contributed by atoms with Crippen LogP contribution in [0.2, 0.25) is 0 Å². The van der Waals surface area contributed by atoms with Crippen molar-refractivity contribution in [2.24, 2.45) is 5.92 Å². The molecule has 19 heavy (non-hydrogen) atoms. The summed E-state index contributed by atoms with van der Waals surface area (Å²) in [6.45, 7) is 0. The van der Waals surface area contributed by atoms with Crippen LogP contribution in [0, 0.1) is 5.92 Å². The van der Waals surface area contributed by atoms with Crippen molar-refractivity contribution < 1.29 is 19.5 Å². The molecule has 0 radical (unpaired) electrons. The Labute approximate surface area is 118 Å². The molecule has 1 saturated carbocycles. The van der Waals surface area contributed by atoms with Crippen LogP contribution in [0.3, 0.4) is 0 Å². The van der Waals surface area contributed by atoms with Crippen molar-refractivity contribution in [1.29, 1.82) is 0 Å². The van der Waals surface area contributed by atoms with Crippen molar-refractivity contribution in [3.8, 4) is 0 Å². The van der Waals surface area contributed by atoms with E-state index in [1.165, 1.54) is 4.90 Å². The summed E-state index contributed by atoms with van der Waals surface area (Å²) in [4.78, 5) is 36.4. The maximum Gasteiger partial charge on any atom is 0.327 e. The van der Waals surface area contributed by atoms with Gasteiger partial charge in [0.2, 0.25) is 5.91 Å². The average molecular weight is 302 g/mol. The molecule has 3 fully saturated rings. The number of hydrogen-bond donors (Lipinski definition) is 2. The first-order valence-corrected chi connectivity index (χ1v) is 8.21. The molecule has 3 rings (SSSR count). The molecule has 2 N–H and O–H groups in total. The number of carbonyl (C=O) groups is 3. The van der Waals surface area contributed by atoms with Crippen LogP contribution in [0.25, 0.3) is 0 Å². The molecule has 0 bridgehead atoms. The average Bonchev–Trinajstić information content (AvgIpc) is 2.96. The molecule has 2 aliphatic heterocycles. The molecule has 8 heteroatoms. The maximum absolute atomic E-state index is 12.5. The van der Waals surface area contributed by atoms with E-state index in [0.29, 0.717) is 17.4 Å². The summed E-state index contributed by atoms with van der Waals surface area (Å²) in [5, 5.41) is 11.6. The van der Waals surface area contributed by atoms with Gasteiger partial charge in [0.25, 0.3) is 5.24 Å². The van der Waals surface area contributed by atoms with Crippen molar-refractivity contribution in [3.63, 3.8) is 0 Å². The normalized spacial score (nSPS) is 34.4. The number of hydrogen-bond acceptors (Lipinski definition) is 5. The highest BCUT2D eigenvalue weighted by molar-refractivity contribution is 8.14. The van der Waals surface area contributed by atoms with Crippen LogP contribution < -0.4 is 5.32 Å². The highest BCUT2D eigenvalue weighted by Gasteiger charge is 2.50. The molecule has 104 valence electrons. The number of carbonyl (C=O) groups excluding carboxylic acids is 2. The third-order valence-corrected chi connectivity index (χ3v) is 5.91. The molecule has 0 aromatic rings. The lowest BCUT2D eigenvalue weighted by atomic mass is 10.2. The van der Waals surface area contributed by atoms with Crippen molar-refractivity contribution in [1.82, 2.24) is 10.2 Å². The van der Waals surface area contributed by atoms with Crippen LogP contribution >= 0.6 is 23.5 Å². The number of nitrogens with zero attached hydrogens (tertiary/aromatic N) is 1. The zero-order chi connectivity index (χ0) is 13.6. The zero-order valence-corrected chi connectivity index (χ0v) is 11.7. The third kappa shape index (κ3) is 2.43. The Hall–Kier alpha value is -0.890. The van der Waals surface area contributed by atoms with Gasteiger partial charge in [-0.2, -0.15) is 0 Å². The van der Waals surface area contributed by atoms with Crippen LogP contribution in [-0.2, 0) is 9.59 Å². The number of thioether (sulfide) groups is 2. The Balaban J connectivity index is 1.78. The Bertz CT molecular complexity index is 440. The minimum Gasteiger partial charge on any atom is -0.480 e. The highest BCUT2D eigenvalue weighted by Crippen LogP contribution is 2.45. The van der Waals surface area contributed by atoms with E-state index < -0.39 is 18.1 Å². The van der Waals surface area contributed by atoms with Crippen LogP contribution in [0.1, 0.15) is 12.8 Å². The standard InChI is InChI=1S/C11H14N2O4S2/c14-8(6-3-19-11(17)12-6)13-7(10(15)16)4-18-9(13)5-1-2-5/h5-7,9H,1-4H2,(H,12,17)(H,15,16). The molecule has 3 unspecified atom stereocenters. The van der Waals surface area contributed by atoms with Crippen LogP contribution in [-0.4, -0.2) is 56.1 Å². The summed E-state index contributed by atoms with van der Waals surface area (Å²) in [6, 6.07) is -1.33. The molecular weight excluding hydrogens is 288 g/mol. The summed E-state index contributed by atoms with van der Waals surface area (Å²) < 4.78 is 0. The van der Waals surface area contributed by atoms with Gasteiger partial charge in [0.15, 0.2) is 0 Å². The summed E-state index contributed by atoms with van der Waals surface area (Å²) in [7, 11) is 0. The van der Waals surface area contributed by atoms with Crippen LogP contribution in [0.4, 0.5) is 4.79 Å². The molecule has 6 nitrogen and oxygen atoms in total. The number of carboxylic acids is 1. The molecule has 0 aromatic heterocycles. The monoisotopic (exact) mass is 302 g/mol. The van der Waals surface area contributed by atoms with Gasteiger partial charge in [-0.05, 0) is 18.8 Å². The molecule has 3 atom stereocenters. The molecule has 1 aliphatic carbocycles. The Kier molecular flexibility index (Phi) is 3.38. The number of aliphatic carboxylic acids is 1. The van der Waals surface area contributed by atoms with Gasteiger partial charge in [-0.25, -0.2) is 4.79 Å². The second-order valence-corrected chi connectivity index (χ2v) is 7.10. The SMILES string of the molecule is O=C1NC(C(=O)N2C(C(=O)O)CSC2C2CC2)CS1. The molecule has 2 saturated heterocycles. The molecule has 0 aromatic carbocycles. The smallest absolute Gasteiger partial charge is 0.327 e. The Morgan fingerprint density at radius 2 is 2.05 bits per heavy atom. The predicted octanol–water partition coefficient (Wildman–Crippen LogP) is 0.576. The quantitative estimate of drug-likeness (QED) is 0.793. The largest absolute Gasteiger partial charge is 0.480 e. The summed E-state index contributed by atoms with van der Waals surface area (Å²) in [5.41, 5.74) is 0. The van der Waals surface area contributed by atoms with E-state index >= 15 is 0 Å². The van der Waals surface area contributed by atoms with E-state index in [0.717, 1.165) is 24.6 Å². The topological polar surface area (TPSA) is 86.7 Å². The Morgan fingerprint density at radius 1 is 1.32 bits per heavy atom. The first kappa shape index (κ1) is 13.1. The lowest BCUT2D eigenvalue weighted by molar-refractivity contribution is -0.149. The first-order valence-electron chi connectivity index (χ1n) is 6.18. The minimum absolute atomic E-state index is 0.0314. The van der Waals surface area contributed by atoms with Gasteiger partial charge >= 0.3 is 5.97 Å². The first-order chi connectivity index (χ1) is 9.08. The molecule has 0 spiro atoms. The fourth-order valence-corrected chi connectivity index (χ4v) is 4.85. The van der Waals surface area contributed by atoms with Gasteiger partial charge < -0.3 is 15.3 Å². The lowest BCUT2D eigenvalue weighted by Gasteiger charge is -2.29. The summed E-state index contributed by atoms with van der Waals surface area (Å²) in [6.07, 6.45) is 2.11. The fraction of sp³-hybridized carbons (Fsp3) is 0.727. The number of nitrogens with one attached hydrogen (secondary N) is 1. The predicted molar refractivity (Wildman–Crippen MR) is 72.0 cm³/mol. The lowest BCUT2D eigenvalue weighted by Crippen LogP contribution is -2.53. The molecular formula is C11H14N2O4S2. The molecule has 3 aliphatic rings. The Morgan fingerprint density at radius 3 is 2.58 bits per heavy atom. The van der Waals surface area contributed by atoms with E-state index in [-0.39, 0.29) is 16.5 Å². The number of carboxylic acid groups (broad SMARTS) is 1. The van der Waals surface area contributed by atoms with Crippen LogP contribution in [0.5, 0.6) is 0 Å². The molecule has 2 heterocycles. The van der Waals surface area contributed by atoms with Crippen LogP contribution in [0.15, 0.2) is 0 Å². The van der Waals surface area contributed by atoms with Crippen molar-refractivity contribution in [2.45, 2.75) is 30.3 Å². The van der Waals surface area contributed by atoms with E-state index in [9.17, 15) is 19.5 Å². The van der Waals surface area contributed by atoms with Gasteiger partial charge in [-0.1, -0.05) is 11.8 Å². The van der Waals surface area contributed by atoms with Crippen molar-refractivity contribution in [2.75, 3.05) is 11.5 Å². The second-order valence-electron chi connectivity index (χ2n) is 4.96. The summed E-state index contributed by atoms with van der Waals surface area (Å²) >= 11 is 2.63. The number of amides is 2. The maximum atomic E-state index is 12.5. The van der Waals surface area contributed by atoms with Crippen molar-refractivity contribution in [3.05, 3.63) is 0 Å². The van der Waals surface area contributed by atoms with Gasteiger partial charge in [-0.15, -0.1) is 11.8 Å². The second kappa shape index (κ2) is 4.90. The minimum atomic E-state index is -0.957. The zero-order valence-electron chi connectivity index (χ0n) is 10.1. The van der Waals surface area contributed by atoms with E-state index in [1.807, 2.05) is 0 Å². The fourth-order valence-electron chi connectivity index (χ4n) is 2.44. The van der Waals surface area contributed by atoms with Gasteiger partial charge in [0, 0.05) is 11.5 Å². The highest BCUT2D eigenvalue weighted by atomic mass is 32.2. The van der Waals surface area contributed by atoms with Gasteiger partial charge in [-0.3, -0.25) is 9.59 Å². The van der Waals surface area contributed by atoms with E-state index in [4.69, 9.17) is 0 Å². The number of rotatable bonds is 3. The van der Waals surface area contributed by atoms with Gasteiger partial charge in [0.1, 0.15) is 12.1 Å².